The Hall–Kier alpha value is -2.58. The first-order valence-electron chi connectivity index (χ1n) is 6.62. The normalized spacial score (nSPS) is 20.5. The van der Waals surface area contributed by atoms with Crippen LogP contribution in [-0.2, 0) is 4.79 Å². The maximum atomic E-state index is 12.2. The van der Waals surface area contributed by atoms with Gasteiger partial charge >= 0.3 is 0 Å². The molecule has 0 spiro atoms. The Bertz CT molecular complexity index is 624. The van der Waals surface area contributed by atoms with E-state index in [1.54, 1.807) is 24.6 Å². The van der Waals surface area contributed by atoms with Crippen molar-refractivity contribution in [1.82, 2.24) is 10.2 Å². The zero-order chi connectivity index (χ0) is 13.8. The fourth-order valence-corrected chi connectivity index (χ4v) is 2.32. The molecule has 0 saturated carbocycles. The van der Waals surface area contributed by atoms with Crippen molar-refractivity contribution in [3.63, 3.8) is 0 Å². The first kappa shape index (κ1) is 12.5. The van der Waals surface area contributed by atoms with Gasteiger partial charge in [-0.15, -0.1) is 0 Å². The molecule has 1 aromatic carbocycles. The molecule has 1 fully saturated rings. The van der Waals surface area contributed by atoms with E-state index >= 15 is 0 Å². The summed E-state index contributed by atoms with van der Waals surface area (Å²) in [6.07, 6.45) is 7.60. The van der Waals surface area contributed by atoms with E-state index in [1.165, 1.54) is 5.56 Å². The molecule has 0 aromatic heterocycles. The van der Waals surface area contributed by atoms with Crippen LogP contribution in [0.15, 0.2) is 65.6 Å². The Morgan fingerprint density at radius 1 is 1.40 bits per heavy atom. The van der Waals surface area contributed by atoms with Gasteiger partial charge in [-0.2, -0.15) is 0 Å². The van der Waals surface area contributed by atoms with Gasteiger partial charge in [-0.05, 0) is 18.1 Å². The van der Waals surface area contributed by atoms with Crippen LogP contribution >= 0.6 is 0 Å². The van der Waals surface area contributed by atoms with Crippen molar-refractivity contribution in [3.8, 4) is 0 Å². The fraction of sp³-hybridized carbons (Fsp3) is 0.188. The topological polar surface area (TPSA) is 44.7 Å². The van der Waals surface area contributed by atoms with E-state index in [1.807, 2.05) is 23.1 Å². The van der Waals surface area contributed by atoms with Crippen molar-refractivity contribution in [2.75, 3.05) is 6.54 Å². The van der Waals surface area contributed by atoms with E-state index in [9.17, 15) is 4.79 Å². The minimum absolute atomic E-state index is 0.0336. The van der Waals surface area contributed by atoms with Crippen LogP contribution in [0.4, 0.5) is 0 Å². The zero-order valence-electron chi connectivity index (χ0n) is 11.0. The quantitative estimate of drug-likeness (QED) is 0.851. The van der Waals surface area contributed by atoms with Crippen molar-refractivity contribution in [1.29, 1.82) is 0 Å². The number of hydrogen-bond donors (Lipinski definition) is 1. The Labute approximate surface area is 117 Å². The van der Waals surface area contributed by atoms with Crippen LogP contribution < -0.4 is 5.32 Å². The summed E-state index contributed by atoms with van der Waals surface area (Å²) < 4.78 is 0. The summed E-state index contributed by atoms with van der Waals surface area (Å²) in [5.41, 5.74) is 1.98. The number of aliphatic imine (C=N–C) groups is 1. The second-order valence-corrected chi connectivity index (χ2v) is 4.71. The Kier molecular flexibility index (Phi) is 3.48. The standard InChI is InChI=1S/C16H15N3O/c20-16(7-6-14-12-17-9-10-18-14)19-11-8-15(19)13-4-2-1-3-5-13/h1-7,10,12,15,18H,8,11H2/b7-6+. The number of likely N-dealkylation sites (tertiary alicyclic amines) is 1. The van der Waals surface area contributed by atoms with Crippen molar-refractivity contribution in [2.24, 2.45) is 4.99 Å². The van der Waals surface area contributed by atoms with Gasteiger partial charge < -0.3 is 10.2 Å². The number of hydrogen-bond acceptors (Lipinski definition) is 3. The average molecular weight is 265 g/mol. The van der Waals surface area contributed by atoms with Crippen LogP contribution in [0.3, 0.4) is 0 Å². The van der Waals surface area contributed by atoms with Gasteiger partial charge in [0.1, 0.15) is 0 Å². The second-order valence-electron chi connectivity index (χ2n) is 4.71. The number of amides is 1. The highest BCUT2D eigenvalue weighted by Gasteiger charge is 2.31. The van der Waals surface area contributed by atoms with Gasteiger partial charge in [-0.3, -0.25) is 4.79 Å². The molecule has 0 aliphatic carbocycles. The van der Waals surface area contributed by atoms with E-state index in [-0.39, 0.29) is 11.9 Å². The van der Waals surface area contributed by atoms with Gasteiger partial charge in [0.15, 0.2) is 0 Å². The van der Waals surface area contributed by atoms with Crippen molar-refractivity contribution in [2.45, 2.75) is 12.5 Å². The third kappa shape index (κ3) is 2.56. The van der Waals surface area contributed by atoms with Crippen molar-refractivity contribution in [3.05, 3.63) is 66.1 Å². The molecule has 4 nitrogen and oxygen atoms in total. The van der Waals surface area contributed by atoms with E-state index in [2.05, 4.69) is 28.3 Å². The molecule has 100 valence electrons. The summed E-state index contributed by atoms with van der Waals surface area (Å²) in [5.74, 6) is 2.69. The third-order valence-corrected chi connectivity index (χ3v) is 3.47. The van der Waals surface area contributed by atoms with E-state index in [0.29, 0.717) is 0 Å². The first-order chi connectivity index (χ1) is 9.84. The molecule has 1 N–H and O–H groups in total. The molecule has 1 saturated heterocycles. The number of carbonyl (C=O) groups excluding carboxylic acids is 1. The Balaban J connectivity index is 1.65. The van der Waals surface area contributed by atoms with Gasteiger partial charge in [0.2, 0.25) is 5.91 Å². The number of allylic oxidation sites excluding steroid dienone is 1. The van der Waals surface area contributed by atoms with E-state index in [4.69, 9.17) is 0 Å². The zero-order valence-corrected chi connectivity index (χ0v) is 11.0. The van der Waals surface area contributed by atoms with Crippen LogP contribution in [0.25, 0.3) is 0 Å². The molecular weight excluding hydrogens is 250 g/mol. The molecule has 2 aliphatic rings. The highest BCUT2D eigenvalue weighted by Crippen LogP contribution is 2.33. The second kappa shape index (κ2) is 5.59. The molecule has 1 unspecified atom stereocenters. The largest absolute Gasteiger partial charge is 0.353 e. The lowest BCUT2D eigenvalue weighted by molar-refractivity contribution is -0.133. The third-order valence-electron chi connectivity index (χ3n) is 3.47. The van der Waals surface area contributed by atoms with Crippen LogP contribution in [-0.4, -0.2) is 23.2 Å². The van der Waals surface area contributed by atoms with Crippen LogP contribution in [0.2, 0.25) is 0 Å². The lowest BCUT2D eigenvalue weighted by Gasteiger charge is -2.40. The number of nitrogens with one attached hydrogen (secondary N) is 1. The predicted octanol–water partition coefficient (Wildman–Crippen LogP) is 2.14. The maximum Gasteiger partial charge on any atom is 0.247 e. The number of benzene rings is 1. The number of nitrogens with zero attached hydrogens (tertiary/aromatic N) is 2. The molecule has 0 bridgehead atoms. The van der Waals surface area contributed by atoms with Crippen LogP contribution in [0.1, 0.15) is 18.0 Å². The van der Waals surface area contributed by atoms with Gasteiger partial charge in [0.05, 0.1) is 24.1 Å². The smallest absolute Gasteiger partial charge is 0.247 e. The SMILES string of the molecule is O=C(/C=C/C1=CN=C=CN1)N1CCC1c1ccccc1. The molecule has 20 heavy (non-hydrogen) atoms. The van der Waals surface area contributed by atoms with Crippen molar-refractivity contribution < 1.29 is 4.79 Å². The van der Waals surface area contributed by atoms with Crippen LogP contribution in [0.5, 0.6) is 0 Å². The summed E-state index contributed by atoms with van der Waals surface area (Å²) in [7, 11) is 0. The summed E-state index contributed by atoms with van der Waals surface area (Å²) in [4.78, 5) is 17.9. The lowest BCUT2D eigenvalue weighted by atomic mass is 9.94. The molecule has 0 radical (unpaired) electrons. The van der Waals surface area contributed by atoms with Gasteiger partial charge in [0.25, 0.3) is 0 Å². The van der Waals surface area contributed by atoms with E-state index < -0.39 is 0 Å². The maximum absolute atomic E-state index is 12.2. The molecule has 1 amide bonds. The highest BCUT2D eigenvalue weighted by atomic mass is 16.2. The summed E-state index contributed by atoms with van der Waals surface area (Å²) >= 11 is 0. The minimum atomic E-state index is 0.0336. The molecule has 2 aliphatic heterocycles. The minimum Gasteiger partial charge on any atom is -0.353 e. The Morgan fingerprint density at radius 3 is 2.90 bits per heavy atom. The summed E-state index contributed by atoms with van der Waals surface area (Å²) in [6.45, 7) is 0.813. The monoisotopic (exact) mass is 265 g/mol. The average Bonchev–Trinajstić information content (AvgIpc) is 2.46. The molecule has 3 rings (SSSR count). The van der Waals surface area contributed by atoms with Crippen molar-refractivity contribution >= 4 is 11.8 Å². The number of carbonyl (C=O) groups is 1. The molecule has 2 heterocycles. The van der Waals surface area contributed by atoms with Crippen LogP contribution in [0, 0.1) is 0 Å². The molecule has 1 aromatic rings. The summed E-state index contributed by atoms with van der Waals surface area (Å²) in [5, 5.41) is 2.97. The predicted molar refractivity (Wildman–Crippen MR) is 77.9 cm³/mol. The molecule has 1 atom stereocenters. The van der Waals surface area contributed by atoms with E-state index in [0.717, 1.165) is 18.7 Å². The highest BCUT2D eigenvalue weighted by molar-refractivity contribution is 5.89. The fourth-order valence-electron chi connectivity index (χ4n) is 2.32. The first-order valence-corrected chi connectivity index (χ1v) is 6.62. The lowest BCUT2D eigenvalue weighted by Crippen LogP contribution is -2.44. The number of rotatable bonds is 3. The molecular formula is C16H15N3O. The summed E-state index contributed by atoms with van der Waals surface area (Å²) in [6, 6.07) is 10.3. The van der Waals surface area contributed by atoms with Gasteiger partial charge in [0, 0.05) is 18.5 Å². The Morgan fingerprint density at radius 2 is 2.25 bits per heavy atom. The van der Waals surface area contributed by atoms with Gasteiger partial charge in [-0.25, -0.2) is 4.99 Å². The molecule has 4 heteroatoms. The van der Waals surface area contributed by atoms with Gasteiger partial charge in [-0.1, -0.05) is 30.3 Å².